The van der Waals surface area contributed by atoms with Crippen LogP contribution in [-0.4, -0.2) is 86.9 Å². The van der Waals surface area contributed by atoms with Crippen LogP contribution in [0.4, 0.5) is 11.8 Å². The molecule has 4 atom stereocenters. The van der Waals surface area contributed by atoms with Gasteiger partial charge in [0, 0.05) is 12.5 Å². The van der Waals surface area contributed by atoms with Crippen molar-refractivity contribution in [2.45, 2.75) is 36.6 Å². The van der Waals surface area contributed by atoms with Crippen LogP contribution in [0.2, 0.25) is 0 Å². The highest BCUT2D eigenvalue weighted by Gasteiger charge is 2.43. The maximum absolute atomic E-state index is 11.8. The average Bonchev–Trinajstić information content (AvgIpc) is 3.72. The van der Waals surface area contributed by atoms with Gasteiger partial charge in [0.05, 0.1) is 18.4 Å². The smallest absolute Gasteiger partial charge is 0.256 e. The van der Waals surface area contributed by atoms with Crippen LogP contribution >= 0.6 is 0 Å². The minimum absolute atomic E-state index is 0.00680. The Balaban J connectivity index is 1.38. The van der Waals surface area contributed by atoms with Crippen LogP contribution < -0.4 is 16.4 Å². The summed E-state index contributed by atoms with van der Waals surface area (Å²) >= 11 is 0. The second-order valence-corrected chi connectivity index (χ2v) is 10.1. The predicted octanol–water partition coefficient (Wildman–Crippen LogP) is 0.377. The van der Waals surface area contributed by atoms with Gasteiger partial charge in [0.2, 0.25) is 11.9 Å². The van der Waals surface area contributed by atoms with Crippen molar-refractivity contribution in [2.24, 2.45) is 0 Å². The first-order valence-electron chi connectivity index (χ1n) is 13.4. The zero-order valence-corrected chi connectivity index (χ0v) is 22.4. The molecule has 0 spiro atoms. The maximum atomic E-state index is 11.8. The van der Waals surface area contributed by atoms with Gasteiger partial charge in [0.1, 0.15) is 25.1 Å². The van der Waals surface area contributed by atoms with E-state index in [1.165, 1.54) is 17.3 Å². The molecule has 0 saturated heterocycles. The third-order valence-electron chi connectivity index (χ3n) is 7.50. The molecule has 0 aliphatic heterocycles. The lowest BCUT2D eigenvalue weighted by Crippen LogP contribution is -2.44. The molecule has 1 aliphatic carbocycles. The van der Waals surface area contributed by atoms with Gasteiger partial charge in [0.25, 0.3) is 5.95 Å². The van der Waals surface area contributed by atoms with Crippen molar-refractivity contribution in [3.05, 3.63) is 84.4 Å². The number of aliphatic hydroxyl groups is 3. The van der Waals surface area contributed by atoms with Crippen molar-refractivity contribution in [3.63, 3.8) is 0 Å². The number of fused-ring (bicyclic) bond motifs is 1. The van der Waals surface area contributed by atoms with E-state index in [0.29, 0.717) is 23.5 Å². The molecule has 5 aromatic rings. The maximum Gasteiger partial charge on any atom is 0.256 e. The second kappa shape index (κ2) is 11.5. The molecule has 1 fully saturated rings. The number of nitrogens with one attached hydrogen (secondary N) is 2. The van der Waals surface area contributed by atoms with Crippen molar-refractivity contribution in [1.29, 1.82) is 0 Å². The summed E-state index contributed by atoms with van der Waals surface area (Å²) in [6, 6.07) is 18.8. The summed E-state index contributed by atoms with van der Waals surface area (Å²) < 4.78 is 2.99. The Morgan fingerprint density at radius 2 is 1.67 bits per heavy atom. The molecule has 2 aromatic carbocycles. The van der Waals surface area contributed by atoms with Gasteiger partial charge < -0.3 is 36.3 Å². The SMILES string of the molecule is Nc1ncn(-c2nc(NCC(c3ccccc3)c3ccccc3)c3ncn([C@@H]4C[C@H](NC(=O)CO)[C@@H](O)[C@H]4O)c3n2)n1. The highest BCUT2D eigenvalue weighted by molar-refractivity contribution is 5.84. The summed E-state index contributed by atoms with van der Waals surface area (Å²) in [5.74, 6) is -0.00372. The number of aromatic nitrogens is 7. The van der Waals surface area contributed by atoms with Gasteiger partial charge in [-0.1, -0.05) is 60.7 Å². The number of imidazole rings is 1. The van der Waals surface area contributed by atoms with Crippen LogP contribution in [0.5, 0.6) is 0 Å². The first-order valence-corrected chi connectivity index (χ1v) is 13.4. The van der Waals surface area contributed by atoms with Crippen molar-refractivity contribution in [3.8, 4) is 5.95 Å². The van der Waals surface area contributed by atoms with Crippen molar-refractivity contribution >= 4 is 28.8 Å². The van der Waals surface area contributed by atoms with Gasteiger partial charge >= 0.3 is 0 Å². The summed E-state index contributed by atoms with van der Waals surface area (Å²) in [6.07, 6.45) is 0.611. The number of amides is 1. The van der Waals surface area contributed by atoms with Gasteiger partial charge in [-0.15, -0.1) is 5.10 Å². The molecule has 1 saturated carbocycles. The van der Waals surface area contributed by atoms with E-state index in [4.69, 9.17) is 15.8 Å². The summed E-state index contributed by atoms with van der Waals surface area (Å²) in [7, 11) is 0. The summed E-state index contributed by atoms with van der Waals surface area (Å²) in [4.78, 5) is 29.7. The average molecular weight is 571 g/mol. The van der Waals surface area contributed by atoms with E-state index in [1.54, 1.807) is 4.57 Å². The first kappa shape index (κ1) is 27.3. The number of nitrogen functional groups attached to an aromatic ring is 1. The number of hydrogen-bond donors (Lipinski definition) is 6. The molecule has 0 unspecified atom stereocenters. The zero-order valence-electron chi connectivity index (χ0n) is 22.4. The molecular weight excluding hydrogens is 540 g/mol. The van der Waals surface area contributed by atoms with Crippen molar-refractivity contribution < 1.29 is 20.1 Å². The lowest BCUT2D eigenvalue weighted by Gasteiger charge is -2.20. The Labute approximate surface area is 239 Å². The highest BCUT2D eigenvalue weighted by atomic mass is 16.3. The Kier molecular flexibility index (Phi) is 7.48. The van der Waals surface area contributed by atoms with Crippen molar-refractivity contribution in [2.75, 3.05) is 24.2 Å². The molecule has 216 valence electrons. The molecule has 0 radical (unpaired) electrons. The van der Waals surface area contributed by atoms with E-state index in [0.717, 1.165) is 11.1 Å². The molecule has 1 amide bonds. The monoisotopic (exact) mass is 570 g/mol. The number of nitrogens with two attached hydrogens (primary N) is 1. The Morgan fingerprint density at radius 1 is 0.976 bits per heavy atom. The lowest BCUT2D eigenvalue weighted by molar-refractivity contribution is -0.125. The van der Waals surface area contributed by atoms with E-state index < -0.39 is 36.8 Å². The van der Waals surface area contributed by atoms with Crippen LogP contribution in [0.1, 0.15) is 29.5 Å². The predicted molar refractivity (Wildman–Crippen MR) is 153 cm³/mol. The molecule has 7 N–H and O–H groups in total. The molecule has 0 bridgehead atoms. The Hall–Kier alpha value is -4.92. The van der Waals surface area contributed by atoms with Crippen molar-refractivity contribution in [1.82, 2.24) is 39.6 Å². The number of hydrogen-bond acceptors (Lipinski definition) is 11. The quantitative estimate of drug-likeness (QED) is 0.143. The zero-order chi connectivity index (χ0) is 29.2. The fraction of sp³-hybridized carbons (Fsp3) is 0.286. The number of carbonyl (C=O) groups is 1. The number of carbonyl (C=O) groups excluding carboxylic acids is 1. The standard InChI is InChI=1S/C28H30N10O4/c29-27-32-15-38(36-27)28-34-25(30-12-18(16-7-3-1-4-8-16)17-9-5-2-6-10-17)22-26(35-28)37(14-31-22)20-11-19(23(41)24(20)42)33-21(40)13-39/h1-10,14-15,18-20,23-24,39,41-42H,11-13H2,(H2,29,36)(H,33,40)(H,30,34,35)/t19-,20+,23+,24-/m0/s1. The van der Waals surface area contributed by atoms with E-state index in [2.05, 4.69) is 54.9 Å². The topological polar surface area (TPSA) is 202 Å². The Morgan fingerprint density at radius 3 is 2.29 bits per heavy atom. The van der Waals surface area contributed by atoms with Gasteiger partial charge in [0.15, 0.2) is 17.0 Å². The normalized spacial score (nSPS) is 20.3. The van der Waals surface area contributed by atoms with Crippen LogP contribution in [0.15, 0.2) is 73.3 Å². The molecule has 6 rings (SSSR count). The molecule has 14 heteroatoms. The number of aliphatic hydroxyl groups excluding tert-OH is 3. The lowest BCUT2D eigenvalue weighted by atomic mass is 9.91. The molecule has 3 aromatic heterocycles. The fourth-order valence-electron chi connectivity index (χ4n) is 5.42. The minimum Gasteiger partial charge on any atom is -0.388 e. The highest BCUT2D eigenvalue weighted by Crippen LogP contribution is 2.34. The molecule has 1 aliphatic rings. The van der Waals surface area contributed by atoms with Gasteiger partial charge in [-0.25, -0.2) is 9.97 Å². The molecule has 14 nitrogen and oxygen atoms in total. The number of benzene rings is 2. The third kappa shape index (κ3) is 5.25. The summed E-state index contributed by atoms with van der Waals surface area (Å²) in [5.41, 5.74) is 8.81. The second-order valence-electron chi connectivity index (χ2n) is 10.1. The van der Waals surface area contributed by atoms with Crippen LogP contribution in [0.3, 0.4) is 0 Å². The van der Waals surface area contributed by atoms with E-state index >= 15 is 0 Å². The third-order valence-corrected chi connectivity index (χ3v) is 7.50. The number of rotatable bonds is 9. The first-order chi connectivity index (χ1) is 20.4. The Bertz CT molecular complexity index is 1640. The minimum atomic E-state index is -1.26. The fourth-order valence-corrected chi connectivity index (χ4v) is 5.42. The van der Waals surface area contributed by atoms with Crippen LogP contribution in [0.25, 0.3) is 17.1 Å². The van der Waals surface area contributed by atoms with Crippen LogP contribution in [0, 0.1) is 0 Å². The largest absolute Gasteiger partial charge is 0.388 e. The molecular formula is C28H30N10O4. The molecule has 42 heavy (non-hydrogen) atoms. The summed E-state index contributed by atoms with van der Waals surface area (Å²) in [6.45, 7) is -0.246. The van der Waals surface area contributed by atoms with Gasteiger partial charge in [-0.2, -0.15) is 14.6 Å². The van der Waals surface area contributed by atoms with Gasteiger partial charge in [-0.05, 0) is 17.5 Å². The van der Waals surface area contributed by atoms with E-state index in [-0.39, 0.29) is 24.2 Å². The molecule has 3 heterocycles. The number of nitrogens with zero attached hydrogens (tertiary/aromatic N) is 7. The van der Waals surface area contributed by atoms with E-state index in [1.807, 2.05) is 36.4 Å². The number of anilines is 2. The summed E-state index contributed by atoms with van der Waals surface area (Å²) in [5, 5.41) is 40.8. The van der Waals surface area contributed by atoms with Gasteiger partial charge in [-0.3, -0.25) is 4.79 Å². The van der Waals surface area contributed by atoms with E-state index in [9.17, 15) is 15.0 Å². The van der Waals surface area contributed by atoms with Crippen LogP contribution in [-0.2, 0) is 4.79 Å².